The van der Waals surface area contributed by atoms with Crippen LogP contribution < -0.4 is 20.3 Å². The second kappa shape index (κ2) is 10.5. The molecule has 0 aliphatic heterocycles. The van der Waals surface area contributed by atoms with Crippen LogP contribution >= 0.6 is 15.9 Å². The largest absolute Gasteiger partial charge is 0.491 e. The molecule has 6 nitrogen and oxygen atoms in total. The van der Waals surface area contributed by atoms with E-state index in [1.165, 1.54) is 0 Å². The fourth-order valence-corrected chi connectivity index (χ4v) is 2.98. The number of nitrogens with one attached hydrogen (secondary N) is 2. The number of halogens is 1. The van der Waals surface area contributed by atoms with Gasteiger partial charge < -0.3 is 9.47 Å². The van der Waals surface area contributed by atoms with Crippen molar-refractivity contribution in [1.82, 2.24) is 10.9 Å². The van der Waals surface area contributed by atoms with Crippen molar-refractivity contribution in [3.05, 3.63) is 58.1 Å². The average Bonchev–Trinajstić information content (AvgIpc) is 2.70. The Balaban J connectivity index is 1.86. The lowest BCUT2D eigenvalue weighted by molar-refractivity contribution is -0.123. The molecule has 0 spiro atoms. The number of rotatable bonds is 7. The zero-order valence-electron chi connectivity index (χ0n) is 18.0. The van der Waals surface area contributed by atoms with E-state index < -0.39 is 11.8 Å². The Morgan fingerprint density at radius 3 is 2.47 bits per heavy atom. The first-order chi connectivity index (χ1) is 14.1. The van der Waals surface area contributed by atoms with Gasteiger partial charge in [0, 0.05) is 5.56 Å². The number of carbonyl (C=O) groups is 2. The molecule has 2 rings (SSSR count). The van der Waals surface area contributed by atoms with Crippen LogP contribution in [-0.4, -0.2) is 24.5 Å². The Bertz CT molecular complexity index is 893. The maximum Gasteiger partial charge on any atom is 0.276 e. The van der Waals surface area contributed by atoms with Gasteiger partial charge in [-0.15, -0.1) is 0 Å². The van der Waals surface area contributed by atoms with Crippen molar-refractivity contribution in [3.8, 4) is 11.5 Å². The summed E-state index contributed by atoms with van der Waals surface area (Å²) >= 11 is 3.47. The maximum atomic E-state index is 12.3. The molecule has 0 saturated carbocycles. The fourth-order valence-electron chi connectivity index (χ4n) is 2.49. The van der Waals surface area contributed by atoms with Gasteiger partial charge in [0.2, 0.25) is 0 Å². The lowest BCUT2D eigenvalue weighted by Crippen LogP contribution is -2.43. The van der Waals surface area contributed by atoms with Crippen molar-refractivity contribution in [2.24, 2.45) is 0 Å². The zero-order chi connectivity index (χ0) is 22.3. The molecule has 0 aliphatic carbocycles. The predicted octanol–water partition coefficient (Wildman–Crippen LogP) is 4.76. The molecule has 30 heavy (non-hydrogen) atoms. The van der Waals surface area contributed by atoms with Gasteiger partial charge in [0.1, 0.15) is 11.5 Å². The molecule has 0 aromatic heterocycles. The second-order valence-electron chi connectivity index (χ2n) is 8.05. The van der Waals surface area contributed by atoms with Gasteiger partial charge >= 0.3 is 0 Å². The number of hydrogen-bond donors (Lipinski definition) is 2. The monoisotopic (exact) mass is 476 g/mol. The Labute approximate surface area is 186 Å². The molecular weight excluding hydrogens is 448 g/mol. The normalized spacial score (nSPS) is 12.1. The SMILES string of the molecule is CCC(C)Oc1cccc(C(=O)NNC(=O)COc2ccc(C(C)(C)C)cc2Br)c1. The van der Waals surface area contributed by atoms with Crippen LogP contribution in [0.3, 0.4) is 0 Å². The zero-order valence-corrected chi connectivity index (χ0v) is 19.6. The highest BCUT2D eigenvalue weighted by atomic mass is 79.9. The van der Waals surface area contributed by atoms with Gasteiger partial charge in [0.15, 0.2) is 6.61 Å². The smallest absolute Gasteiger partial charge is 0.276 e. The second-order valence-corrected chi connectivity index (χ2v) is 8.91. The highest BCUT2D eigenvalue weighted by molar-refractivity contribution is 9.10. The van der Waals surface area contributed by atoms with Gasteiger partial charge in [-0.2, -0.15) is 0 Å². The molecule has 7 heteroatoms. The molecule has 162 valence electrons. The van der Waals surface area contributed by atoms with Gasteiger partial charge in [0.25, 0.3) is 11.8 Å². The molecule has 0 fully saturated rings. The Hall–Kier alpha value is -2.54. The topological polar surface area (TPSA) is 76.7 Å². The average molecular weight is 477 g/mol. The molecule has 1 atom stereocenters. The third-order valence-corrected chi connectivity index (χ3v) is 5.10. The molecule has 2 aromatic carbocycles. The Kier molecular flexibility index (Phi) is 8.29. The molecule has 0 bridgehead atoms. The molecule has 2 aromatic rings. The van der Waals surface area contributed by atoms with Gasteiger partial charge in [-0.05, 0) is 70.6 Å². The molecule has 2 N–H and O–H groups in total. The molecule has 2 amide bonds. The lowest BCUT2D eigenvalue weighted by atomic mass is 9.87. The van der Waals surface area contributed by atoms with Crippen LogP contribution in [0.15, 0.2) is 46.9 Å². The van der Waals surface area contributed by atoms with Crippen molar-refractivity contribution in [2.45, 2.75) is 52.6 Å². The van der Waals surface area contributed by atoms with Crippen molar-refractivity contribution < 1.29 is 19.1 Å². The Morgan fingerprint density at radius 1 is 1.10 bits per heavy atom. The third-order valence-electron chi connectivity index (χ3n) is 4.48. The van der Waals surface area contributed by atoms with E-state index in [9.17, 15) is 9.59 Å². The first kappa shape index (κ1) is 23.7. The lowest BCUT2D eigenvalue weighted by Gasteiger charge is -2.20. The number of benzene rings is 2. The van der Waals surface area contributed by atoms with Gasteiger partial charge in [-0.1, -0.05) is 39.8 Å². The molecule has 0 saturated heterocycles. The number of hydrazine groups is 1. The number of amides is 2. The predicted molar refractivity (Wildman–Crippen MR) is 121 cm³/mol. The summed E-state index contributed by atoms with van der Waals surface area (Å²) in [6, 6.07) is 12.6. The summed E-state index contributed by atoms with van der Waals surface area (Å²) in [7, 11) is 0. The summed E-state index contributed by atoms with van der Waals surface area (Å²) < 4.78 is 12.0. The van der Waals surface area contributed by atoms with E-state index in [2.05, 4.69) is 47.6 Å². The Morgan fingerprint density at radius 2 is 1.83 bits per heavy atom. The fraction of sp³-hybridized carbons (Fsp3) is 0.391. The quantitative estimate of drug-likeness (QED) is 0.564. The minimum absolute atomic E-state index is 0.0135. The highest BCUT2D eigenvalue weighted by Gasteiger charge is 2.16. The molecule has 0 heterocycles. The van der Waals surface area contributed by atoms with Gasteiger partial charge in [-0.3, -0.25) is 20.4 Å². The van der Waals surface area contributed by atoms with Gasteiger partial charge in [-0.25, -0.2) is 0 Å². The van der Waals surface area contributed by atoms with E-state index in [1.807, 2.05) is 32.0 Å². The first-order valence-corrected chi connectivity index (χ1v) is 10.7. The van der Waals surface area contributed by atoms with Crippen molar-refractivity contribution in [2.75, 3.05) is 6.61 Å². The number of ether oxygens (including phenoxy) is 2. The van der Waals surface area contributed by atoms with Crippen molar-refractivity contribution in [1.29, 1.82) is 0 Å². The summed E-state index contributed by atoms with van der Waals surface area (Å²) in [4.78, 5) is 24.3. The molecular formula is C23H29BrN2O4. The van der Waals surface area contributed by atoms with E-state index in [-0.39, 0.29) is 18.1 Å². The summed E-state index contributed by atoms with van der Waals surface area (Å²) in [5, 5.41) is 0. The summed E-state index contributed by atoms with van der Waals surface area (Å²) in [6.45, 7) is 10.1. The standard InChI is InChI=1S/C23H29BrN2O4/c1-6-15(2)30-18-9-7-8-16(12-18)22(28)26-25-21(27)14-29-20-11-10-17(13-19(20)24)23(3,4)5/h7-13,15H,6,14H2,1-5H3,(H,25,27)(H,26,28). The van der Waals surface area contributed by atoms with Crippen molar-refractivity contribution in [3.63, 3.8) is 0 Å². The minimum Gasteiger partial charge on any atom is -0.491 e. The third kappa shape index (κ3) is 7.06. The number of hydrogen-bond acceptors (Lipinski definition) is 4. The van der Waals surface area contributed by atoms with Crippen LogP contribution in [0, 0.1) is 0 Å². The molecule has 0 aliphatic rings. The van der Waals surface area contributed by atoms with Crippen LogP contribution in [0.25, 0.3) is 0 Å². The molecule has 1 unspecified atom stereocenters. The van der Waals surface area contributed by atoms with E-state index >= 15 is 0 Å². The highest BCUT2D eigenvalue weighted by Crippen LogP contribution is 2.31. The summed E-state index contributed by atoms with van der Waals surface area (Å²) in [5.41, 5.74) is 6.30. The number of carbonyl (C=O) groups excluding carboxylic acids is 2. The van der Waals surface area contributed by atoms with Crippen LogP contribution in [0.1, 0.15) is 57.0 Å². The minimum atomic E-state index is -0.470. The van der Waals surface area contributed by atoms with Crippen LogP contribution in [-0.2, 0) is 10.2 Å². The van der Waals surface area contributed by atoms with Crippen molar-refractivity contribution >= 4 is 27.7 Å². The van der Waals surface area contributed by atoms with E-state index in [0.717, 1.165) is 16.5 Å². The van der Waals surface area contributed by atoms with E-state index in [4.69, 9.17) is 9.47 Å². The summed E-state index contributed by atoms with van der Waals surface area (Å²) in [5.74, 6) is 0.255. The van der Waals surface area contributed by atoms with Gasteiger partial charge in [0.05, 0.1) is 10.6 Å². The first-order valence-electron chi connectivity index (χ1n) is 9.89. The van der Waals surface area contributed by atoms with Crippen LogP contribution in [0.5, 0.6) is 11.5 Å². The van der Waals surface area contributed by atoms with E-state index in [1.54, 1.807) is 24.3 Å². The van der Waals surface area contributed by atoms with E-state index in [0.29, 0.717) is 17.1 Å². The summed E-state index contributed by atoms with van der Waals surface area (Å²) in [6.07, 6.45) is 0.915. The van der Waals surface area contributed by atoms with Crippen LogP contribution in [0.2, 0.25) is 0 Å². The van der Waals surface area contributed by atoms with Crippen LogP contribution in [0.4, 0.5) is 0 Å². The molecule has 0 radical (unpaired) electrons. The maximum absolute atomic E-state index is 12.3.